The van der Waals surface area contributed by atoms with Crippen LogP contribution in [-0.2, 0) is 6.54 Å². The zero-order chi connectivity index (χ0) is 9.80. The molecule has 2 nitrogen and oxygen atoms in total. The zero-order valence-electron chi connectivity index (χ0n) is 7.99. The Bertz CT molecular complexity index is 408. The summed E-state index contributed by atoms with van der Waals surface area (Å²) in [5, 5.41) is 6.89. The van der Waals surface area contributed by atoms with Crippen molar-refractivity contribution in [3.8, 4) is 0 Å². The molecular formula is C11H14N2S. The highest BCUT2D eigenvalue weighted by Crippen LogP contribution is 2.25. The van der Waals surface area contributed by atoms with Crippen molar-refractivity contribution in [1.29, 1.82) is 0 Å². The molecule has 0 saturated heterocycles. The first-order valence-corrected chi connectivity index (χ1v) is 5.65. The van der Waals surface area contributed by atoms with Gasteiger partial charge in [-0.1, -0.05) is 18.2 Å². The highest BCUT2D eigenvalue weighted by Gasteiger charge is 2.01. The van der Waals surface area contributed by atoms with Gasteiger partial charge < -0.3 is 11.1 Å². The van der Waals surface area contributed by atoms with Crippen LogP contribution in [0.15, 0.2) is 29.6 Å². The van der Waals surface area contributed by atoms with Crippen LogP contribution < -0.4 is 11.1 Å². The second-order valence-electron chi connectivity index (χ2n) is 3.22. The van der Waals surface area contributed by atoms with E-state index in [9.17, 15) is 0 Å². The zero-order valence-corrected chi connectivity index (χ0v) is 8.81. The summed E-state index contributed by atoms with van der Waals surface area (Å²) in [7, 11) is 0. The smallest absolute Gasteiger partial charge is 0.0346 e. The van der Waals surface area contributed by atoms with Crippen LogP contribution in [0.3, 0.4) is 0 Å². The maximum absolute atomic E-state index is 5.42. The van der Waals surface area contributed by atoms with E-state index in [4.69, 9.17) is 5.73 Å². The molecule has 0 bridgehead atoms. The molecule has 0 saturated carbocycles. The van der Waals surface area contributed by atoms with Crippen molar-refractivity contribution in [2.24, 2.45) is 5.73 Å². The number of hydrogen-bond acceptors (Lipinski definition) is 3. The summed E-state index contributed by atoms with van der Waals surface area (Å²) in [5.74, 6) is 0. The van der Waals surface area contributed by atoms with E-state index in [1.807, 2.05) is 0 Å². The van der Waals surface area contributed by atoms with E-state index < -0.39 is 0 Å². The fourth-order valence-corrected chi connectivity index (χ4v) is 2.46. The van der Waals surface area contributed by atoms with Crippen LogP contribution in [0.25, 0.3) is 10.1 Å². The Balaban J connectivity index is 2.17. The molecule has 74 valence electrons. The van der Waals surface area contributed by atoms with Crippen LogP contribution in [0.4, 0.5) is 0 Å². The van der Waals surface area contributed by atoms with Crippen molar-refractivity contribution in [3.63, 3.8) is 0 Å². The molecule has 14 heavy (non-hydrogen) atoms. The van der Waals surface area contributed by atoms with Gasteiger partial charge in [0.05, 0.1) is 0 Å². The summed E-state index contributed by atoms with van der Waals surface area (Å²) < 4.78 is 1.36. The minimum Gasteiger partial charge on any atom is -0.329 e. The van der Waals surface area contributed by atoms with Gasteiger partial charge in [-0.3, -0.25) is 0 Å². The fraction of sp³-hybridized carbons (Fsp3) is 0.273. The second kappa shape index (κ2) is 4.55. The van der Waals surface area contributed by atoms with Crippen molar-refractivity contribution < 1.29 is 0 Å². The standard InChI is InChI=1S/C11H14N2S/c12-5-6-13-7-9-8-14-11-4-2-1-3-10(9)11/h1-4,8,13H,5-7,12H2. The highest BCUT2D eigenvalue weighted by atomic mass is 32.1. The van der Waals surface area contributed by atoms with Gasteiger partial charge in [0.2, 0.25) is 0 Å². The van der Waals surface area contributed by atoms with Gasteiger partial charge in [-0.25, -0.2) is 0 Å². The molecule has 0 unspecified atom stereocenters. The molecule has 0 aliphatic carbocycles. The molecule has 3 N–H and O–H groups in total. The van der Waals surface area contributed by atoms with Crippen LogP contribution in [0, 0.1) is 0 Å². The summed E-state index contributed by atoms with van der Waals surface area (Å²) in [5.41, 5.74) is 6.79. The number of nitrogens with one attached hydrogen (secondary N) is 1. The first-order chi connectivity index (χ1) is 6.92. The van der Waals surface area contributed by atoms with Crippen LogP contribution in [-0.4, -0.2) is 13.1 Å². The lowest BCUT2D eigenvalue weighted by Gasteiger charge is -2.01. The molecule has 0 fully saturated rings. The Morgan fingerprint density at radius 1 is 1.29 bits per heavy atom. The third-order valence-electron chi connectivity index (χ3n) is 2.20. The largest absolute Gasteiger partial charge is 0.329 e. The number of hydrogen-bond donors (Lipinski definition) is 2. The molecule has 0 aliphatic rings. The summed E-state index contributed by atoms with van der Waals surface area (Å²) in [4.78, 5) is 0. The lowest BCUT2D eigenvalue weighted by Crippen LogP contribution is -2.21. The third kappa shape index (κ3) is 1.95. The van der Waals surface area contributed by atoms with Gasteiger partial charge >= 0.3 is 0 Å². The Kier molecular flexibility index (Phi) is 3.14. The molecule has 0 radical (unpaired) electrons. The maximum Gasteiger partial charge on any atom is 0.0346 e. The van der Waals surface area contributed by atoms with Gasteiger partial charge in [-0.15, -0.1) is 11.3 Å². The first-order valence-electron chi connectivity index (χ1n) is 4.77. The summed E-state index contributed by atoms with van der Waals surface area (Å²) in [6.07, 6.45) is 0. The monoisotopic (exact) mass is 206 g/mol. The third-order valence-corrected chi connectivity index (χ3v) is 3.21. The van der Waals surface area contributed by atoms with Crippen molar-refractivity contribution in [2.45, 2.75) is 6.54 Å². The van der Waals surface area contributed by atoms with Crippen LogP contribution in [0.2, 0.25) is 0 Å². The van der Waals surface area contributed by atoms with Crippen molar-refractivity contribution in [3.05, 3.63) is 35.2 Å². The maximum atomic E-state index is 5.42. The van der Waals surface area contributed by atoms with Crippen LogP contribution >= 0.6 is 11.3 Å². The van der Waals surface area contributed by atoms with E-state index >= 15 is 0 Å². The molecule has 1 aromatic carbocycles. The Morgan fingerprint density at radius 3 is 3.00 bits per heavy atom. The number of thiophene rings is 1. The number of nitrogens with two attached hydrogens (primary N) is 1. The van der Waals surface area contributed by atoms with E-state index in [1.54, 1.807) is 11.3 Å². The normalized spacial score (nSPS) is 10.9. The van der Waals surface area contributed by atoms with Gasteiger partial charge in [-0.2, -0.15) is 0 Å². The molecule has 2 rings (SSSR count). The molecule has 0 amide bonds. The van der Waals surface area contributed by atoms with Crippen molar-refractivity contribution >= 4 is 21.4 Å². The summed E-state index contributed by atoms with van der Waals surface area (Å²) in [6.45, 7) is 2.49. The van der Waals surface area contributed by atoms with E-state index in [1.165, 1.54) is 15.6 Å². The topological polar surface area (TPSA) is 38.0 Å². The lowest BCUT2D eigenvalue weighted by atomic mass is 10.2. The van der Waals surface area contributed by atoms with Gasteiger partial charge in [0, 0.05) is 24.3 Å². The summed E-state index contributed by atoms with van der Waals surface area (Å²) >= 11 is 1.80. The average molecular weight is 206 g/mol. The Labute approximate surface area is 87.7 Å². The number of rotatable bonds is 4. The molecular weight excluding hydrogens is 192 g/mol. The predicted molar refractivity (Wildman–Crippen MR) is 62.6 cm³/mol. The van der Waals surface area contributed by atoms with Gasteiger partial charge in [0.1, 0.15) is 0 Å². The van der Waals surface area contributed by atoms with Gasteiger partial charge in [0.25, 0.3) is 0 Å². The fourth-order valence-electron chi connectivity index (χ4n) is 1.49. The summed E-state index contributed by atoms with van der Waals surface area (Å²) in [6, 6.07) is 8.50. The molecule has 0 aliphatic heterocycles. The quantitative estimate of drug-likeness (QED) is 0.750. The van der Waals surface area contributed by atoms with Gasteiger partial charge in [-0.05, 0) is 22.4 Å². The molecule has 1 heterocycles. The predicted octanol–water partition coefficient (Wildman–Crippen LogP) is 1.95. The van der Waals surface area contributed by atoms with E-state index in [0.29, 0.717) is 6.54 Å². The van der Waals surface area contributed by atoms with Crippen molar-refractivity contribution in [2.75, 3.05) is 13.1 Å². The molecule has 2 aromatic rings. The molecule has 1 aromatic heterocycles. The number of fused-ring (bicyclic) bond motifs is 1. The Hall–Kier alpha value is -0.900. The molecule has 3 heteroatoms. The SMILES string of the molecule is NCCNCc1csc2ccccc12. The lowest BCUT2D eigenvalue weighted by molar-refractivity contribution is 0.699. The first kappa shape index (κ1) is 9.65. The minimum absolute atomic E-state index is 0.696. The van der Waals surface area contributed by atoms with Crippen molar-refractivity contribution in [1.82, 2.24) is 5.32 Å². The Morgan fingerprint density at radius 2 is 2.14 bits per heavy atom. The van der Waals surface area contributed by atoms with E-state index in [0.717, 1.165) is 13.1 Å². The highest BCUT2D eigenvalue weighted by molar-refractivity contribution is 7.17. The van der Waals surface area contributed by atoms with E-state index in [-0.39, 0.29) is 0 Å². The minimum atomic E-state index is 0.696. The van der Waals surface area contributed by atoms with Crippen LogP contribution in [0.5, 0.6) is 0 Å². The molecule has 0 atom stereocenters. The number of benzene rings is 1. The van der Waals surface area contributed by atoms with Gasteiger partial charge in [0.15, 0.2) is 0 Å². The van der Waals surface area contributed by atoms with Crippen LogP contribution in [0.1, 0.15) is 5.56 Å². The second-order valence-corrected chi connectivity index (χ2v) is 4.13. The molecule has 0 spiro atoms. The van der Waals surface area contributed by atoms with E-state index in [2.05, 4.69) is 35.0 Å². The average Bonchev–Trinajstić information content (AvgIpc) is 2.63.